The van der Waals surface area contributed by atoms with Gasteiger partial charge < -0.3 is 15.2 Å². The maximum absolute atomic E-state index is 12.6. The Bertz CT molecular complexity index is 659. The summed E-state index contributed by atoms with van der Waals surface area (Å²) in [5, 5.41) is 0. The van der Waals surface area contributed by atoms with Crippen molar-refractivity contribution >= 4 is 21.6 Å². The Kier molecular flexibility index (Phi) is 4.32. The Hall–Kier alpha value is -1.89. The molecule has 0 heterocycles. The molecule has 0 atom stereocenters. The second-order valence-corrected chi connectivity index (χ2v) is 5.01. The largest absolute Gasteiger partial charge is 0.493 e. The quantitative estimate of drug-likeness (QED) is 0.794. The van der Waals surface area contributed by atoms with Crippen LogP contribution in [0.3, 0.4) is 0 Å². The SMILES string of the molecule is COc1ccc(N)cc1Oc1ccc(C(F)(F)F)cc1Br. The number of benzene rings is 2. The molecule has 112 valence electrons. The van der Waals surface area contributed by atoms with Gasteiger partial charge in [-0.3, -0.25) is 0 Å². The van der Waals surface area contributed by atoms with Gasteiger partial charge in [-0.2, -0.15) is 13.2 Å². The number of hydrogen-bond acceptors (Lipinski definition) is 3. The lowest BCUT2D eigenvalue weighted by Crippen LogP contribution is -2.04. The average molecular weight is 362 g/mol. The molecule has 0 radical (unpaired) electrons. The van der Waals surface area contributed by atoms with E-state index in [4.69, 9.17) is 15.2 Å². The molecule has 2 N–H and O–H groups in total. The number of rotatable bonds is 3. The molecule has 0 spiro atoms. The minimum Gasteiger partial charge on any atom is -0.493 e. The summed E-state index contributed by atoms with van der Waals surface area (Å²) in [5.74, 6) is 0.973. The smallest absolute Gasteiger partial charge is 0.416 e. The van der Waals surface area contributed by atoms with E-state index in [-0.39, 0.29) is 10.2 Å². The molecular weight excluding hydrogens is 351 g/mol. The molecule has 2 aromatic rings. The lowest BCUT2D eigenvalue weighted by Gasteiger charge is -2.13. The number of alkyl halides is 3. The molecule has 0 saturated heterocycles. The van der Waals surface area contributed by atoms with Gasteiger partial charge >= 0.3 is 6.18 Å². The highest BCUT2D eigenvalue weighted by atomic mass is 79.9. The van der Waals surface area contributed by atoms with Gasteiger partial charge in [0.2, 0.25) is 0 Å². The second kappa shape index (κ2) is 5.85. The van der Waals surface area contributed by atoms with E-state index in [2.05, 4.69) is 15.9 Å². The molecule has 2 rings (SSSR count). The summed E-state index contributed by atoms with van der Waals surface area (Å²) in [4.78, 5) is 0. The number of methoxy groups -OCH3 is 1. The van der Waals surface area contributed by atoms with E-state index < -0.39 is 11.7 Å². The van der Waals surface area contributed by atoms with Crippen LogP contribution in [0.2, 0.25) is 0 Å². The molecule has 0 aliphatic rings. The normalized spacial score (nSPS) is 11.3. The molecule has 2 aromatic carbocycles. The minimum atomic E-state index is -4.41. The lowest BCUT2D eigenvalue weighted by atomic mass is 10.2. The molecule has 0 fully saturated rings. The van der Waals surface area contributed by atoms with E-state index in [0.29, 0.717) is 17.2 Å². The first-order chi connectivity index (χ1) is 9.81. The van der Waals surface area contributed by atoms with E-state index >= 15 is 0 Å². The maximum Gasteiger partial charge on any atom is 0.416 e. The van der Waals surface area contributed by atoms with Crippen molar-refractivity contribution in [3.8, 4) is 17.2 Å². The van der Waals surface area contributed by atoms with Crippen LogP contribution in [-0.2, 0) is 6.18 Å². The number of nitrogen functional groups attached to an aromatic ring is 1. The summed E-state index contributed by atoms with van der Waals surface area (Å²) in [7, 11) is 1.46. The predicted octanol–water partition coefficient (Wildman–Crippen LogP) is 4.85. The molecule has 21 heavy (non-hydrogen) atoms. The number of nitrogens with two attached hydrogens (primary N) is 1. The number of ether oxygens (including phenoxy) is 2. The van der Waals surface area contributed by atoms with Crippen molar-refractivity contribution in [1.29, 1.82) is 0 Å². The van der Waals surface area contributed by atoms with Crippen molar-refractivity contribution in [3.05, 3.63) is 46.4 Å². The number of halogens is 4. The van der Waals surface area contributed by atoms with E-state index in [1.165, 1.54) is 19.2 Å². The highest BCUT2D eigenvalue weighted by Gasteiger charge is 2.31. The Labute approximate surface area is 127 Å². The molecular formula is C14H11BrF3NO2. The Balaban J connectivity index is 2.34. The van der Waals surface area contributed by atoms with Crippen molar-refractivity contribution in [2.75, 3.05) is 12.8 Å². The van der Waals surface area contributed by atoms with Crippen LogP contribution in [0.1, 0.15) is 5.56 Å². The Morgan fingerprint density at radius 1 is 1.00 bits per heavy atom. The van der Waals surface area contributed by atoms with Crippen LogP contribution >= 0.6 is 15.9 Å². The topological polar surface area (TPSA) is 44.5 Å². The highest BCUT2D eigenvalue weighted by Crippen LogP contribution is 2.39. The molecule has 3 nitrogen and oxygen atoms in total. The third kappa shape index (κ3) is 3.60. The van der Waals surface area contributed by atoms with E-state index in [1.807, 2.05) is 0 Å². The van der Waals surface area contributed by atoms with Crippen molar-refractivity contribution in [3.63, 3.8) is 0 Å². The number of anilines is 1. The predicted molar refractivity (Wildman–Crippen MR) is 76.6 cm³/mol. The van der Waals surface area contributed by atoms with Gasteiger partial charge in [-0.05, 0) is 46.3 Å². The van der Waals surface area contributed by atoms with Crippen LogP contribution in [0.5, 0.6) is 17.2 Å². The van der Waals surface area contributed by atoms with Crippen molar-refractivity contribution < 1.29 is 22.6 Å². The monoisotopic (exact) mass is 361 g/mol. The fraction of sp³-hybridized carbons (Fsp3) is 0.143. The van der Waals surface area contributed by atoms with Crippen LogP contribution in [0.25, 0.3) is 0 Å². The van der Waals surface area contributed by atoms with Gasteiger partial charge in [0.25, 0.3) is 0 Å². The molecule has 0 aliphatic heterocycles. The summed E-state index contributed by atoms with van der Waals surface area (Å²) in [5.41, 5.74) is 5.35. The Morgan fingerprint density at radius 3 is 2.24 bits per heavy atom. The summed E-state index contributed by atoms with van der Waals surface area (Å²) in [6, 6.07) is 7.90. The van der Waals surface area contributed by atoms with Gasteiger partial charge in [0, 0.05) is 11.8 Å². The molecule has 0 unspecified atom stereocenters. The van der Waals surface area contributed by atoms with Crippen LogP contribution in [-0.4, -0.2) is 7.11 Å². The average Bonchev–Trinajstić information content (AvgIpc) is 2.40. The van der Waals surface area contributed by atoms with Crippen LogP contribution in [0.4, 0.5) is 18.9 Å². The first-order valence-corrected chi connectivity index (χ1v) is 6.58. The summed E-state index contributed by atoms with van der Waals surface area (Å²) < 4.78 is 48.7. The van der Waals surface area contributed by atoms with Crippen LogP contribution < -0.4 is 15.2 Å². The fourth-order valence-corrected chi connectivity index (χ4v) is 2.11. The first kappa shape index (κ1) is 15.5. The lowest BCUT2D eigenvalue weighted by molar-refractivity contribution is -0.137. The zero-order valence-corrected chi connectivity index (χ0v) is 12.5. The van der Waals surface area contributed by atoms with Gasteiger partial charge in [-0.15, -0.1) is 0 Å². The number of hydrogen-bond donors (Lipinski definition) is 1. The van der Waals surface area contributed by atoms with Gasteiger partial charge in [-0.1, -0.05) is 0 Å². The van der Waals surface area contributed by atoms with Gasteiger partial charge in [-0.25, -0.2) is 0 Å². The molecule has 0 aromatic heterocycles. The van der Waals surface area contributed by atoms with E-state index in [9.17, 15) is 13.2 Å². The van der Waals surface area contributed by atoms with Crippen LogP contribution in [0.15, 0.2) is 40.9 Å². The van der Waals surface area contributed by atoms with Crippen molar-refractivity contribution in [1.82, 2.24) is 0 Å². The summed E-state index contributed by atoms with van der Waals surface area (Å²) >= 11 is 3.07. The van der Waals surface area contributed by atoms with Gasteiger partial charge in [0.1, 0.15) is 5.75 Å². The summed E-state index contributed by atoms with van der Waals surface area (Å²) in [6.45, 7) is 0. The van der Waals surface area contributed by atoms with E-state index in [1.54, 1.807) is 12.1 Å². The van der Waals surface area contributed by atoms with Crippen LogP contribution in [0, 0.1) is 0 Å². The maximum atomic E-state index is 12.6. The van der Waals surface area contributed by atoms with Crippen molar-refractivity contribution in [2.45, 2.75) is 6.18 Å². The third-order valence-corrected chi connectivity index (χ3v) is 3.29. The molecule has 0 saturated carbocycles. The zero-order chi connectivity index (χ0) is 15.6. The highest BCUT2D eigenvalue weighted by molar-refractivity contribution is 9.10. The third-order valence-electron chi connectivity index (χ3n) is 2.67. The Morgan fingerprint density at radius 2 is 1.67 bits per heavy atom. The molecule has 7 heteroatoms. The molecule has 0 amide bonds. The van der Waals surface area contributed by atoms with Crippen molar-refractivity contribution in [2.24, 2.45) is 0 Å². The van der Waals surface area contributed by atoms with Gasteiger partial charge in [0.05, 0.1) is 17.1 Å². The fourth-order valence-electron chi connectivity index (χ4n) is 1.65. The minimum absolute atomic E-state index is 0.182. The molecule has 0 aliphatic carbocycles. The summed E-state index contributed by atoms with van der Waals surface area (Å²) in [6.07, 6.45) is -4.41. The zero-order valence-electron chi connectivity index (χ0n) is 10.9. The second-order valence-electron chi connectivity index (χ2n) is 4.16. The van der Waals surface area contributed by atoms with Gasteiger partial charge in [0.15, 0.2) is 11.5 Å². The first-order valence-electron chi connectivity index (χ1n) is 5.79. The van der Waals surface area contributed by atoms with E-state index in [0.717, 1.165) is 12.1 Å². The molecule has 0 bridgehead atoms. The standard InChI is InChI=1S/C14H11BrF3NO2/c1-20-12-5-3-9(19)7-13(12)21-11-4-2-8(6-10(11)15)14(16,17)18/h2-7H,19H2,1H3.